The molecule has 1 aromatic rings. The van der Waals surface area contributed by atoms with Gasteiger partial charge in [-0.05, 0) is 35.1 Å². The lowest BCUT2D eigenvalue weighted by Gasteiger charge is -2.50. The largest absolute Gasteiger partial charge is 0.290 e. The third-order valence-electron chi connectivity index (χ3n) is 5.49. The third-order valence-corrected chi connectivity index (χ3v) is 5.49. The summed E-state index contributed by atoms with van der Waals surface area (Å²) in [6.07, 6.45) is 11.4. The van der Waals surface area contributed by atoms with Crippen molar-refractivity contribution in [3.05, 3.63) is 83.0 Å². The number of allylic oxidation sites excluding steroid dienone is 8. The van der Waals surface area contributed by atoms with E-state index in [0.717, 1.165) is 11.1 Å². The van der Waals surface area contributed by atoms with Crippen molar-refractivity contribution in [3.8, 4) is 0 Å². The first-order valence-corrected chi connectivity index (χ1v) is 7.72. The van der Waals surface area contributed by atoms with Gasteiger partial charge >= 0.3 is 0 Å². The molecule has 4 atom stereocenters. The Balaban J connectivity index is 1.85. The lowest BCUT2D eigenvalue weighted by Crippen LogP contribution is -2.43. The molecule has 0 amide bonds. The van der Waals surface area contributed by atoms with Gasteiger partial charge < -0.3 is 0 Å². The van der Waals surface area contributed by atoms with Gasteiger partial charge in [0.1, 0.15) is 0 Å². The first kappa shape index (κ1) is 12.1. The van der Waals surface area contributed by atoms with Gasteiger partial charge in [-0.2, -0.15) is 0 Å². The van der Waals surface area contributed by atoms with Crippen LogP contribution < -0.4 is 0 Å². The molecule has 5 aliphatic rings. The lowest BCUT2D eigenvalue weighted by molar-refractivity contribution is -0.116. The van der Waals surface area contributed by atoms with Gasteiger partial charge in [0.25, 0.3) is 0 Å². The van der Waals surface area contributed by atoms with Crippen molar-refractivity contribution in [2.24, 2.45) is 11.8 Å². The van der Waals surface area contributed by atoms with Crippen molar-refractivity contribution in [1.82, 2.24) is 0 Å². The zero-order valence-electron chi connectivity index (χ0n) is 11.9. The van der Waals surface area contributed by atoms with E-state index in [0.29, 0.717) is 0 Å². The molecule has 0 aliphatic heterocycles. The second-order valence-electron chi connectivity index (χ2n) is 6.40. The molecule has 2 bridgehead atoms. The summed E-state index contributed by atoms with van der Waals surface area (Å²) in [6, 6.07) is 8.30. The zero-order chi connectivity index (χ0) is 14.8. The Morgan fingerprint density at radius 2 is 1.14 bits per heavy atom. The summed E-state index contributed by atoms with van der Waals surface area (Å²) < 4.78 is 0. The van der Waals surface area contributed by atoms with Gasteiger partial charge in [-0.25, -0.2) is 0 Å². The molecule has 5 aliphatic carbocycles. The summed E-state index contributed by atoms with van der Waals surface area (Å²) in [5.41, 5.74) is 3.95. The van der Waals surface area contributed by atoms with Crippen molar-refractivity contribution in [1.29, 1.82) is 0 Å². The molecule has 6 rings (SSSR count). The molecule has 0 fully saturated rings. The average molecular weight is 286 g/mol. The molecule has 0 saturated heterocycles. The zero-order valence-corrected chi connectivity index (χ0v) is 11.9. The fourth-order valence-corrected chi connectivity index (χ4v) is 4.73. The Morgan fingerprint density at radius 3 is 1.59 bits per heavy atom. The van der Waals surface area contributed by atoms with Crippen LogP contribution in [0.15, 0.2) is 71.9 Å². The summed E-state index contributed by atoms with van der Waals surface area (Å²) in [5, 5.41) is 0. The van der Waals surface area contributed by atoms with E-state index in [1.54, 1.807) is 0 Å². The molecule has 0 unspecified atom stereocenters. The lowest BCUT2D eigenvalue weighted by atomic mass is 9.52. The number of hydrogen-bond acceptors (Lipinski definition) is 2. The van der Waals surface area contributed by atoms with Crippen LogP contribution in [0, 0.1) is 11.8 Å². The number of ketones is 2. The van der Waals surface area contributed by atoms with Crippen LogP contribution >= 0.6 is 0 Å². The summed E-state index contributed by atoms with van der Waals surface area (Å²) in [4.78, 5) is 25.0. The molecule has 0 saturated carbocycles. The van der Waals surface area contributed by atoms with Gasteiger partial charge in [0.15, 0.2) is 11.6 Å². The molecule has 0 radical (unpaired) electrons. The fraction of sp³-hybridized carbons (Fsp3) is 0.200. The standard InChI is InChI=1S/C20H14O2/c21-15-9-10-16(22)20-18-12-6-2-1-5-11(12)17(19(15)20)13-7-3-4-8-14(13)18/h1-12,17-18H/t11-,12-,17-,18-/m1/s1. The topological polar surface area (TPSA) is 34.1 Å². The maximum absolute atomic E-state index is 12.5. The van der Waals surface area contributed by atoms with Crippen LogP contribution in [0.25, 0.3) is 0 Å². The average Bonchev–Trinajstić information content (AvgIpc) is 2.58. The minimum atomic E-state index is 0.0144. The summed E-state index contributed by atoms with van der Waals surface area (Å²) >= 11 is 0. The highest BCUT2D eigenvalue weighted by molar-refractivity contribution is 6.22. The maximum Gasteiger partial charge on any atom is 0.183 e. The number of carbonyl (C=O) groups excluding carboxylic acids is 2. The third kappa shape index (κ3) is 1.31. The molecule has 106 valence electrons. The predicted octanol–water partition coefficient (Wildman–Crippen LogP) is 3.24. The van der Waals surface area contributed by atoms with Gasteiger partial charge in [0, 0.05) is 23.0 Å². The molecule has 0 heterocycles. The molecule has 2 heteroatoms. The van der Waals surface area contributed by atoms with Crippen LogP contribution in [0.3, 0.4) is 0 Å². The summed E-state index contributed by atoms with van der Waals surface area (Å²) in [5.74, 6) is 0.632. The normalized spacial score (nSPS) is 33.8. The SMILES string of the molecule is O=C1C=CC(=O)C2=C1[C@H]1c3ccccc3[C@H]2[C@@H]2C=CC=C[C@H]21. The summed E-state index contributed by atoms with van der Waals surface area (Å²) in [6.45, 7) is 0. The van der Waals surface area contributed by atoms with E-state index >= 15 is 0 Å². The molecule has 0 aromatic heterocycles. The Morgan fingerprint density at radius 1 is 0.682 bits per heavy atom. The first-order chi connectivity index (χ1) is 10.8. The van der Waals surface area contributed by atoms with Crippen LogP contribution in [0.5, 0.6) is 0 Å². The van der Waals surface area contributed by atoms with E-state index in [1.165, 1.54) is 23.3 Å². The second-order valence-corrected chi connectivity index (χ2v) is 6.40. The van der Waals surface area contributed by atoms with Gasteiger partial charge in [0.2, 0.25) is 0 Å². The highest BCUT2D eigenvalue weighted by Gasteiger charge is 2.52. The van der Waals surface area contributed by atoms with Crippen molar-refractivity contribution in [2.75, 3.05) is 0 Å². The van der Waals surface area contributed by atoms with Crippen LogP contribution in [-0.2, 0) is 9.59 Å². The van der Waals surface area contributed by atoms with Gasteiger partial charge in [-0.3, -0.25) is 9.59 Å². The minimum absolute atomic E-state index is 0.0144. The summed E-state index contributed by atoms with van der Waals surface area (Å²) in [7, 11) is 0. The maximum atomic E-state index is 12.5. The molecule has 2 nitrogen and oxygen atoms in total. The van der Waals surface area contributed by atoms with E-state index in [2.05, 4.69) is 36.4 Å². The van der Waals surface area contributed by atoms with Crippen molar-refractivity contribution >= 4 is 11.6 Å². The van der Waals surface area contributed by atoms with E-state index in [4.69, 9.17) is 0 Å². The number of rotatable bonds is 0. The van der Waals surface area contributed by atoms with Crippen LogP contribution in [-0.4, -0.2) is 11.6 Å². The molecular formula is C20H14O2. The predicted molar refractivity (Wildman–Crippen MR) is 83.4 cm³/mol. The quantitative estimate of drug-likeness (QED) is 0.686. The van der Waals surface area contributed by atoms with Gasteiger partial charge in [0.05, 0.1) is 0 Å². The van der Waals surface area contributed by atoms with Crippen molar-refractivity contribution in [3.63, 3.8) is 0 Å². The minimum Gasteiger partial charge on any atom is -0.290 e. The molecular weight excluding hydrogens is 272 g/mol. The van der Waals surface area contributed by atoms with E-state index in [-0.39, 0.29) is 35.2 Å². The monoisotopic (exact) mass is 286 g/mol. The molecule has 0 spiro atoms. The van der Waals surface area contributed by atoms with Gasteiger partial charge in [-0.1, -0.05) is 48.6 Å². The highest BCUT2D eigenvalue weighted by atomic mass is 16.1. The Labute approximate surface area is 128 Å². The van der Waals surface area contributed by atoms with E-state index in [9.17, 15) is 9.59 Å². The van der Waals surface area contributed by atoms with Crippen LogP contribution in [0.1, 0.15) is 23.0 Å². The Hall–Kier alpha value is -2.48. The molecule has 1 aromatic carbocycles. The van der Waals surface area contributed by atoms with E-state index < -0.39 is 0 Å². The Kier molecular flexibility index (Phi) is 2.22. The Bertz CT molecular complexity index is 781. The number of benzene rings is 1. The van der Waals surface area contributed by atoms with E-state index in [1.807, 2.05) is 12.1 Å². The second kappa shape index (κ2) is 4.04. The molecule has 0 N–H and O–H groups in total. The smallest absolute Gasteiger partial charge is 0.183 e. The van der Waals surface area contributed by atoms with Gasteiger partial charge in [-0.15, -0.1) is 0 Å². The van der Waals surface area contributed by atoms with Crippen LogP contribution in [0.2, 0.25) is 0 Å². The number of hydrogen-bond donors (Lipinski definition) is 0. The van der Waals surface area contributed by atoms with Crippen LogP contribution in [0.4, 0.5) is 0 Å². The number of carbonyl (C=O) groups is 2. The fourth-order valence-electron chi connectivity index (χ4n) is 4.73. The van der Waals surface area contributed by atoms with Crippen molar-refractivity contribution in [2.45, 2.75) is 11.8 Å². The van der Waals surface area contributed by atoms with Crippen molar-refractivity contribution < 1.29 is 9.59 Å². The molecule has 22 heavy (non-hydrogen) atoms. The highest BCUT2D eigenvalue weighted by Crippen LogP contribution is 2.60. The first-order valence-electron chi connectivity index (χ1n) is 7.72.